The molecular formula is C17H23NO4. The van der Waals surface area contributed by atoms with Crippen molar-refractivity contribution in [3.8, 4) is 0 Å². The highest BCUT2D eigenvalue weighted by Crippen LogP contribution is 2.46. The fourth-order valence-electron chi connectivity index (χ4n) is 2.83. The van der Waals surface area contributed by atoms with Crippen LogP contribution in [0.3, 0.4) is 0 Å². The Morgan fingerprint density at radius 2 is 1.86 bits per heavy atom. The summed E-state index contributed by atoms with van der Waals surface area (Å²) in [6.45, 7) is 5.35. The van der Waals surface area contributed by atoms with E-state index in [9.17, 15) is 9.59 Å². The number of esters is 1. The minimum atomic E-state index is -1.04. The first-order valence-corrected chi connectivity index (χ1v) is 7.43. The molecule has 22 heavy (non-hydrogen) atoms. The summed E-state index contributed by atoms with van der Waals surface area (Å²) in [6, 6.07) is 9.67. The van der Waals surface area contributed by atoms with E-state index in [0.717, 1.165) is 12.0 Å². The lowest BCUT2D eigenvalue weighted by Crippen LogP contribution is -2.64. The van der Waals surface area contributed by atoms with Crippen LogP contribution < -0.4 is 5.32 Å². The highest BCUT2D eigenvalue weighted by atomic mass is 16.6. The molecule has 0 bridgehead atoms. The zero-order valence-corrected chi connectivity index (χ0v) is 13.5. The van der Waals surface area contributed by atoms with Crippen LogP contribution in [0.1, 0.15) is 45.1 Å². The van der Waals surface area contributed by atoms with Gasteiger partial charge >= 0.3 is 12.1 Å². The average molecular weight is 305 g/mol. The number of nitrogens with one attached hydrogen (secondary N) is 1. The van der Waals surface area contributed by atoms with Gasteiger partial charge in [-0.15, -0.1) is 0 Å². The molecule has 1 aliphatic carbocycles. The van der Waals surface area contributed by atoms with Crippen LogP contribution in [-0.2, 0) is 14.3 Å². The van der Waals surface area contributed by atoms with Crippen molar-refractivity contribution in [1.29, 1.82) is 0 Å². The summed E-state index contributed by atoms with van der Waals surface area (Å²) in [5.74, 6) is -0.535. The van der Waals surface area contributed by atoms with E-state index in [1.165, 1.54) is 7.11 Å². The van der Waals surface area contributed by atoms with Crippen LogP contribution in [0, 0.1) is 0 Å². The van der Waals surface area contributed by atoms with Crippen molar-refractivity contribution in [2.75, 3.05) is 7.11 Å². The van der Waals surface area contributed by atoms with Crippen molar-refractivity contribution in [2.45, 2.75) is 50.7 Å². The van der Waals surface area contributed by atoms with Crippen molar-refractivity contribution in [1.82, 2.24) is 5.32 Å². The first kappa shape index (κ1) is 16.3. The Bertz CT molecular complexity index is 550. The van der Waals surface area contributed by atoms with E-state index in [4.69, 9.17) is 9.47 Å². The monoisotopic (exact) mass is 305 g/mol. The molecule has 1 N–H and O–H groups in total. The van der Waals surface area contributed by atoms with Crippen molar-refractivity contribution >= 4 is 12.1 Å². The van der Waals surface area contributed by atoms with Crippen molar-refractivity contribution < 1.29 is 19.1 Å². The van der Waals surface area contributed by atoms with Crippen LogP contribution in [0.2, 0.25) is 0 Å². The van der Waals surface area contributed by atoms with E-state index in [2.05, 4.69) is 5.32 Å². The molecule has 1 saturated carbocycles. The lowest BCUT2D eigenvalue weighted by molar-refractivity contribution is -0.154. The van der Waals surface area contributed by atoms with E-state index in [1.807, 2.05) is 30.3 Å². The molecule has 1 amide bonds. The van der Waals surface area contributed by atoms with Gasteiger partial charge in [-0.3, -0.25) is 0 Å². The summed E-state index contributed by atoms with van der Waals surface area (Å²) in [4.78, 5) is 24.4. The van der Waals surface area contributed by atoms with Gasteiger partial charge in [0.2, 0.25) is 0 Å². The number of benzene rings is 1. The molecule has 0 saturated heterocycles. The van der Waals surface area contributed by atoms with Crippen LogP contribution in [0.4, 0.5) is 4.79 Å². The molecule has 1 aromatic carbocycles. The number of amides is 1. The molecule has 1 aromatic rings. The molecule has 0 aromatic heterocycles. The molecule has 2 rings (SSSR count). The molecule has 120 valence electrons. The molecule has 0 heterocycles. The number of carbonyl (C=O) groups is 2. The van der Waals surface area contributed by atoms with E-state index in [1.54, 1.807) is 20.8 Å². The van der Waals surface area contributed by atoms with Gasteiger partial charge in [-0.05, 0) is 39.2 Å². The van der Waals surface area contributed by atoms with Gasteiger partial charge in [0.1, 0.15) is 11.1 Å². The number of methoxy groups -OCH3 is 1. The molecule has 1 aliphatic rings. The third-order valence-electron chi connectivity index (χ3n) is 3.90. The largest absolute Gasteiger partial charge is 0.467 e. The number of ether oxygens (including phenoxy) is 2. The molecule has 0 spiro atoms. The smallest absolute Gasteiger partial charge is 0.408 e. The second kappa shape index (κ2) is 5.99. The van der Waals surface area contributed by atoms with Gasteiger partial charge < -0.3 is 14.8 Å². The van der Waals surface area contributed by atoms with Gasteiger partial charge in [-0.2, -0.15) is 0 Å². The van der Waals surface area contributed by atoms with E-state index in [0.29, 0.717) is 6.42 Å². The SMILES string of the molecule is COC(=O)[C@@]1(NC(=O)OC(C)(C)C)CC[C@@H]1c1ccccc1. The van der Waals surface area contributed by atoms with Crippen LogP contribution >= 0.6 is 0 Å². The number of rotatable bonds is 3. The number of carbonyl (C=O) groups excluding carboxylic acids is 2. The normalized spacial score (nSPS) is 24.1. The van der Waals surface area contributed by atoms with Gasteiger partial charge in [-0.25, -0.2) is 9.59 Å². The minimum absolute atomic E-state index is 0.103. The van der Waals surface area contributed by atoms with Crippen LogP contribution in [0.25, 0.3) is 0 Å². The second-order valence-corrected chi connectivity index (χ2v) is 6.59. The topological polar surface area (TPSA) is 64.6 Å². The second-order valence-electron chi connectivity index (χ2n) is 6.59. The molecular weight excluding hydrogens is 282 g/mol. The van der Waals surface area contributed by atoms with Crippen molar-refractivity contribution in [2.24, 2.45) is 0 Å². The third kappa shape index (κ3) is 3.24. The van der Waals surface area contributed by atoms with E-state index >= 15 is 0 Å². The maximum Gasteiger partial charge on any atom is 0.408 e. The van der Waals surface area contributed by atoms with E-state index in [-0.39, 0.29) is 5.92 Å². The Morgan fingerprint density at radius 1 is 1.23 bits per heavy atom. The van der Waals surface area contributed by atoms with Gasteiger partial charge in [0, 0.05) is 5.92 Å². The maximum atomic E-state index is 12.3. The van der Waals surface area contributed by atoms with Crippen LogP contribution in [0.5, 0.6) is 0 Å². The zero-order chi connectivity index (χ0) is 16.4. The molecule has 2 atom stereocenters. The van der Waals surface area contributed by atoms with Gasteiger partial charge in [0.05, 0.1) is 7.11 Å². The Kier molecular flexibility index (Phi) is 4.44. The summed E-state index contributed by atoms with van der Waals surface area (Å²) < 4.78 is 10.2. The lowest BCUT2D eigenvalue weighted by Gasteiger charge is -2.47. The standard InChI is InChI=1S/C17H23NO4/c1-16(2,3)22-15(20)18-17(14(19)21-4)11-10-13(17)12-8-6-5-7-9-12/h5-9,13H,10-11H2,1-4H3,(H,18,20)/t13-,17-/m1/s1. The molecule has 0 unspecified atom stereocenters. The molecule has 0 aliphatic heterocycles. The van der Waals surface area contributed by atoms with Crippen LogP contribution in [-0.4, -0.2) is 30.3 Å². The Labute approximate surface area is 131 Å². The summed E-state index contributed by atoms with van der Waals surface area (Å²) >= 11 is 0. The van der Waals surface area contributed by atoms with Gasteiger partial charge in [0.15, 0.2) is 0 Å². The number of hydrogen-bond acceptors (Lipinski definition) is 4. The van der Waals surface area contributed by atoms with Crippen molar-refractivity contribution in [3.63, 3.8) is 0 Å². The van der Waals surface area contributed by atoms with Gasteiger partial charge in [0.25, 0.3) is 0 Å². The highest BCUT2D eigenvalue weighted by molar-refractivity contribution is 5.88. The Balaban J connectivity index is 2.23. The summed E-state index contributed by atoms with van der Waals surface area (Å²) in [7, 11) is 1.33. The summed E-state index contributed by atoms with van der Waals surface area (Å²) in [5.41, 5.74) is -0.651. The first-order valence-electron chi connectivity index (χ1n) is 7.43. The maximum absolute atomic E-state index is 12.3. The fraction of sp³-hybridized carbons (Fsp3) is 0.529. The molecule has 1 fully saturated rings. The highest BCUT2D eigenvalue weighted by Gasteiger charge is 2.56. The van der Waals surface area contributed by atoms with Crippen molar-refractivity contribution in [3.05, 3.63) is 35.9 Å². The third-order valence-corrected chi connectivity index (χ3v) is 3.90. The van der Waals surface area contributed by atoms with E-state index < -0.39 is 23.2 Å². The molecule has 0 radical (unpaired) electrons. The predicted octanol–water partition coefficient (Wildman–Crippen LogP) is 3.00. The quantitative estimate of drug-likeness (QED) is 0.872. The first-order chi connectivity index (χ1) is 10.3. The fourth-order valence-corrected chi connectivity index (χ4v) is 2.83. The average Bonchev–Trinajstić information content (AvgIpc) is 2.42. The molecule has 5 nitrogen and oxygen atoms in total. The summed E-state index contributed by atoms with van der Waals surface area (Å²) in [5, 5.41) is 2.75. The van der Waals surface area contributed by atoms with Crippen LogP contribution in [0.15, 0.2) is 30.3 Å². The molecule has 5 heteroatoms. The summed E-state index contributed by atoms with van der Waals surface area (Å²) in [6.07, 6.45) is 0.756. The zero-order valence-electron chi connectivity index (χ0n) is 13.5. The minimum Gasteiger partial charge on any atom is -0.467 e. The Morgan fingerprint density at radius 3 is 2.32 bits per heavy atom. The van der Waals surface area contributed by atoms with Gasteiger partial charge in [-0.1, -0.05) is 30.3 Å². The number of hydrogen-bond donors (Lipinski definition) is 1. The Hall–Kier alpha value is -2.04. The lowest BCUT2D eigenvalue weighted by atomic mass is 9.63. The predicted molar refractivity (Wildman–Crippen MR) is 82.5 cm³/mol. The number of alkyl carbamates (subject to hydrolysis) is 1.